The van der Waals surface area contributed by atoms with E-state index in [-0.39, 0.29) is 5.56 Å². The highest BCUT2D eigenvalue weighted by Crippen LogP contribution is 2.20. The third-order valence-corrected chi connectivity index (χ3v) is 5.22. The highest BCUT2D eigenvalue weighted by Gasteiger charge is 2.12. The third-order valence-electron chi connectivity index (χ3n) is 5.22. The number of anilines is 1. The number of fused-ring (bicyclic) bond motifs is 2. The van der Waals surface area contributed by atoms with Crippen molar-refractivity contribution in [1.82, 2.24) is 24.1 Å². The highest BCUT2D eigenvalue weighted by molar-refractivity contribution is 5.64. The topological polar surface area (TPSA) is 66.9 Å². The van der Waals surface area contributed by atoms with Crippen LogP contribution in [0.3, 0.4) is 0 Å². The average molecular weight is 374 g/mol. The van der Waals surface area contributed by atoms with E-state index in [2.05, 4.69) is 21.3 Å². The van der Waals surface area contributed by atoms with Crippen molar-refractivity contribution < 1.29 is 0 Å². The zero-order chi connectivity index (χ0) is 19.1. The van der Waals surface area contributed by atoms with Gasteiger partial charge in [0, 0.05) is 49.9 Å². The van der Waals surface area contributed by atoms with E-state index in [0.29, 0.717) is 11.3 Å². The zero-order valence-electron chi connectivity index (χ0n) is 15.8. The van der Waals surface area contributed by atoms with Crippen molar-refractivity contribution >= 4 is 17.0 Å². The summed E-state index contributed by atoms with van der Waals surface area (Å²) in [5.74, 6) is 0. The first-order valence-electron chi connectivity index (χ1n) is 9.62. The van der Waals surface area contributed by atoms with Gasteiger partial charge in [-0.25, -0.2) is 9.97 Å². The van der Waals surface area contributed by atoms with Crippen molar-refractivity contribution in [3.63, 3.8) is 0 Å². The standard InChI is InChI=1S/C21H22N6O/c1-15-12-26-13-16(3-5-19(26)23-15)18-11-21(28)27-14-17(4-6-20(27)24-18)25-9-2-7-22-8-10-25/h3-6,11-14,22H,2,7-10H2,1H3. The Bertz CT molecular complexity index is 1220. The second kappa shape index (κ2) is 6.76. The molecule has 0 bridgehead atoms. The number of nitrogens with zero attached hydrogens (tertiary/aromatic N) is 5. The molecule has 0 radical (unpaired) electrons. The van der Waals surface area contributed by atoms with E-state index in [1.807, 2.05) is 48.1 Å². The lowest BCUT2D eigenvalue weighted by molar-refractivity contribution is 0.724. The van der Waals surface area contributed by atoms with E-state index in [1.54, 1.807) is 10.5 Å². The minimum absolute atomic E-state index is 0.0725. The van der Waals surface area contributed by atoms with Gasteiger partial charge in [0.15, 0.2) is 0 Å². The second-order valence-electron chi connectivity index (χ2n) is 7.25. The molecule has 0 saturated carbocycles. The van der Waals surface area contributed by atoms with Crippen LogP contribution in [0.5, 0.6) is 0 Å². The Balaban J connectivity index is 1.56. The van der Waals surface area contributed by atoms with Gasteiger partial charge in [-0.3, -0.25) is 9.20 Å². The molecule has 5 rings (SSSR count). The molecule has 0 aromatic carbocycles. The molecule has 5 heterocycles. The fraction of sp³-hybridized carbons (Fsp3) is 0.286. The van der Waals surface area contributed by atoms with E-state index in [9.17, 15) is 4.79 Å². The summed E-state index contributed by atoms with van der Waals surface area (Å²) in [6.45, 7) is 5.89. The maximum Gasteiger partial charge on any atom is 0.258 e. The Morgan fingerprint density at radius 3 is 2.79 bits per heavy atom. The van der Waals surface area contributed by atoms with Crippen LogP contribution in [-0.4, -0.2) is 44.9 Å². The maximum absolute atomic E-state index is 12.8. The van der Waals surface area contributed by atoms with Gasteiger partial charge in [0.1, 0.15) is 11.3 Å². The van der Waals surface area contributed by atoms with Gasteiger partial charge in [0.2, 0.25) is 0 Å². The smallest absolute Gasteiger partial charge is 0.258 e. The molecule has 0 unspecified atom stereocenters. The van der Waals surface area contributed by atoms with Crippen molar-refractivity contribution in [2.24, 2.45) is 0 Å². The number of rotatable bonds is 2. The van der Waals surface area contributed by atoms with Crippen molar-refractivity contribution in [3.05, 3.63) is 65.0 Å². The molecule has 7 nitrogen and oxygen atoms in total. The van der Waals surface area contributed by atoms with Gasteiger partial charge >= 0.3 is 0 Å². The fourth-order valence-corrected chi connectivity index (χ4v) is 3.80. The summed E-state index contributed by atoms with van der Waals surface area (Å²) in [6.07, 6.45) is 6.93. The molecule has 1 saturated heterocycles. The maximum atomic E-state index is 12.8. The summed E-state index contributed by atoms with van der Waals surface area (Å²) >= 11 is 0. The monoisotopic (exact) mass is 374 g/mol. The Labute approximate surface area is 162 Å². The van der Waals surface area contributed by atoms with E-state index < -0.39 is 0 Å². The summed E-state index contributed by atoms with van der Waals surface area (Å²) in [5, 5.41) is 3.41. The fourth-order valence-electron chi connectivity index (χ4n) is 3.80. The van der Waals surface area contributed by atoms with Gasteiger partial charge in [-0.15, -0.1) is 0 Å². The summed E-state index contributed by atoms with van der Waals surface area (Å²) in [4.78, 5) is 24.3. The van der Waals surface area contributed by atoms with Crippen LogP contribution in [0.4, 0.5) is 5.69 Å². The summed E-state index contributed by atoms with van der Waals surface area (Å²) in [5.41, 5.74) is 5.05. The first-order chi connectivity index (χ1) is 13.7. The van der Waals surface area contributed by atoms with Gasteiger partial charge in [0.25, 0.3) is 5.56 Å². The molecular weight excluding hydrogens is 352 g/mol. The molecule has 1 fully saturated rings. The predicted octanol–water partition coefficient (Wildman–Crippen LogP) is 2.12. The van der Waals surface area contributed by atoms with E-state index >= 15 is 0 Å². The molecule has 0 spiro atoms. The quantitative estimate of drug-likeness (QED) is 0.582. The molecular formula is C21H22N6O. The highest BCUT2D eigenvalue weighted by atomic mass is 16.1. The number of hydrogen-bond donors (Lipinski definition) is 1. The Morgan fingerprint density at radius 1 is 0.964 bits per heavy atom. The molecule has 0 atom stereocenters. The van der Waals surface area contributed by atoms with Crippen LogP contribution in [0.25, 0.3) is 22.6 Å². The van der Waals surface area contributed by atoms with Crippen molar-refractivity contribution in [1.29, 1.82) is 0 Å². The van der Waals surface area contributed by atoms with Crippen LogP contribution in [0.1, 0.15) is 12.1 Å². The van der Waals surface area contributed by atoms with Gasteiger partial charge < -0.3 is 14.6 Å². The molecule has 142 valence electrons. The molecule has 1 aliphatic rings. The first kappa shape index (κ1) is 16.9. The zero-order valence-corrected chi connectivity index (χ0v) is 15.8. The molecule has 1 aliphatic heterocycles. The predicted molar refractivity (Wildman–Crippen MR) is 110 cm³/mol. The number of aromatic nitrogens is 4. The minimum Gasteiger partial charge on any atom is -0.369 e. The lowest BCUT2D eigenvalue weighted by Gasteiger charge is -2.22. The van der Waals surface area contributed by atoms with E-state index in [1.165, 1.54) is 0 Å². The second-order valence-corrected chi connectivity index (χ2v) is 7.25. The van der Waals surface area contributed by atoms with Crippen LogP contribution in [0, 0.1) is 6.92 Å². The third kappa shape index (κ3) is 3.03. The van der Waals surface area contributed by atoms with Crippen molar-refractivity contribution in [3.8, 4) is 11.3 Å². The lowest BCUT2D eigenvalue weighted by atomic mass is 10.2. The molecule has 1 N–H and O–H groups in total. The minimum atomic E-state index is -0.0725. The van der Waals surface area contributed by atoms with E-state index in [4.69, 9.17) is 4.98 Å². The number of aryl methyl sites for hydroxylation is 1. The number of pyridine rings is 2. The normalized spacial score (nSPS) is 15.2. The number of imidazole rings is 1. The first-order valence-corrected chi connectivity index (χ1v) is 9.62. The molecule has 0 amide bonds. The van der Waals surface area contributed by atoms with Crippen molar-refractivity contribution in [2.75, 3.05) is 31.1 Å². The average Bonchev–Trinajstić information content (AvgIpc) is 2.89. The summed E-state index contributed by atoms with van der Waals surface area (Å²) in [7, 11) is 0. The molecule has 28 heavy (non-hydrogen) atoms. The van der Waals surface area contributed by atoms with Gasteiger partial charge in [-0.05, 0) is 44.2 Å². The van der Waals surface area contributed by atoms with Crippen LogP contribution in [0.15, 0.2) is 53.7 Å². The van der Waals surface area contributed by atoms with Crippen molar-refractivity contribution in [2.45, 2.75) is 13.3 Å². The summed E-state index contributed by atoms with van der Waals surface area (Å²) in [6, 6.07) is 9.49. The molecule has 4 aromatic rings. The van der Waals surface area contributed by atoms with E-state index in [0.717, 1.165) is 55.2 Å². The van der Waals surface area contributed by atoms with Gasteiger partial charge in [0.05, 0.1) is 17.1 Å². The van der Waals surface area contributed by atoms with Crippen LogP contribution >= 0.6 is 0 Å². The molecule has 7 heteroatoms. The van der Waals surface area contributed by atoms with Gasteiger partial charge in [-0.1, -0.05) is 0 Å². The Hall–Kier alpha value is -3.19. The van der Waals surface area contributed by atoms with Crippen LogP contribution in [0.2, 0.25) is 0 Å². The summed E-state index contributed by atoms with van der Waals surface area (Å²) < 4.78 is 3.60. The SMILES string of the molecule is Cc1cn2cc(-c3cc(=O)n4cc(N5CCCNCC5)ccc4n3)ccc2n1. The van der Waals surface area contributed by atoms with Gasteiger partial charge in [-0.2, -0.15) is 0 Å². The van der Waals surface area contributed by atoms with Crippen LogP contribution in [-0.2, 0) is 0 Å². The number of nitrogens with one attached hydrogen (secondary N) is 1. The largest absolute Gasteiger partial charge is 0.369 e. The Kier molecular flexibility index (Phi) is 4.09. The number of hydrogen-bond acceptors (Lipinski definition) is 5. The lowest BCUT2D eigenvalue weighted by Crippen LogP contribution is -2.28. The molecule has 4 aromatic heterocycles. The molecule has 0 aliphatic carbocycles. The Morgan fingerprint density at radius 2 is 1.86 bits per heavy atom. The van der Waals surface area contributed by atoms with Crippen LogP contribution < -0.4 is 15.8 Å².